The van der Waals surface area contributed by atoms with E-state index >= 15 is 0 Å². The van der Waals surface area contributed by atoms with Crippen molar-refractivity contribution < 1.29 is 19.0 Å². The summed E-state index contributed by atoms with van der Waals surface area (Å²) in [6, 6.07) is 6.43. The molecule has 0 amide bonds. The van der Waals surface area contributed by atoms with Crippen LogP contribution in [0.5, 0.6) is 5.75 Å². The van der Waals surface area contributed by atoms with Crippen LogP contribution < -0.4 is 4.74 Å². The van der Waals surface area contributed by atoms with Gasteiger partial charge in [-0.05, 0) is 23.6 Å². The van der Waals surface area contributed by atoms with Crippen LogP contribution in [0.15, 0.2) is 18.2 Å². The minimum absolute atomic E-state index is 0.283. The smallest absolute Gasteiger partial charge is 0.336 e. The van der Waals surface area contributed by atoms with Crippen molar-refractivity contribution >= 4 is 5.97 Å². The third-order valence-electron chi connectivity index (χ3n) is 4.09. The lowest BCUT2D eigenvalue weighted by Gasteiger charge is -2.31. The van der Waals surface area contributed by atoms with Crippen molar-refractivity contribution in [2.24, 2.45) is 0 Å². The van der Waals surface area contributed by atoms with Gasteiger partial charge in [0.25, 0.3) is 0 Å². The standard InChI is InChI=1S/C16H21NO4/c1-19-16(18)15-11-17(7-9-21-15)6-4-12-2-3-14-13(10-12)5-8-20-14/h2-3,10,15H,4-9,11H2,1H3. The van der Waals surface area contributed by atoms with E-state index in [2.05, 4.69) is 23.1 Å². The van der Waals surface area contributed by atoms with E-state index in [0.717, 1.165) is 38.3 Å². The predicted molar refractivity (Wildman–Crippen MR) is 77.5 cm³/mol. The largest absolute Gasteiger partial charge is 0.493 e. The average molecular weight is 291 g/mol. The van der Waals surface area contributed by atoms with Crippen LogP contribution in [0, 0.1) is 0 Å². The number of rotatable bonds is 4. The summed E-state index contributed by atoms with van der Waals surface area (Å²) in [7, 11) is 1.40. The highest BCUT2D eigenvalue weighted by atomic mass is 16.6. The molecular formula is C16H21NO4. The van der Waals surface area contributed by atoms with Gasteiger partial charge in [0.2, 0.25) is 0 Å². The Balaban J connectivity index is 1.54. The SMILES string of the molecule is COC(=O)C1CN(CCc2ccc3c(c2)CCO3)CCO1. The van der Waals surface area contributed by atoms with Crippen molar-refractivity contribution in [3.63, 3.8) is 0 Å². The maximum absolute atomic E-state index is 11.5. The van der Waals surface area contributed by atoms with Gasteiger partial charge in [0.1, 0.15) is 5.75 Å². The van der Waals surface area contributed by atoms with E-state index < -0.39 is 6.10 Å². The summed E-state index contributed by atoms with van der Waals surface area (Å²) < 4.78 is 15.7. The van der Waals surface area contributed by atoms with E-state index in [4.69, 9.17) is 14.2 Å². The van der Waals surface area contributed by atoms with E-state index in [1.54, 1.807) is 0 Å². The molecular weight excluding hydrogens is 270 g/mol. The molecule has 3 rings (SSSR count). The van der Waals surface area contributed by atoms with E-state index in [1.165, 1.54) is 18.2 Å². The second-order valence-corrected chi connectivity index (χ2v) is 5.47. The van der Waals surface area contributed by atoms with Gasteiger partial charge in [-0.1, -0.05) is 12.1 Å². The summed E-state index contributed by atoms with van der Waals surface area (Å²) in [4.78, 5) is 13.8. The number of morpholine rings is 1. The molecule has 1 aromatic rings. The van der Waals surface area contributed by atoms with Gasteiger partial charge in [-0.15, -0.1) is 0 Å². The normalized spacial score (nSPS) is 21.7. The summed E-state index contributed by atoms with van der Waals surface area (Å²) in [5.74, 6) is 0.741. The number of fused-ring (bicyclic) bond motifs is 1. The molecule has 1 saturated heterocycles. The first-order valence-electron chi connectivity index (χ1n) is 7.42. The van der Waals surface area contributed by atoms with Crippen LogP contribution in [0.4, 0.5) is 0 Å². The minimum atomic E-state index is -0.447. The molecule has 1 unspecified atom stereocenters. The van der Waals surface area contributed by atoms with Crippen molar-refractivity contribution in [3.8, 4) is 5.75 Å². The summed E-state index contributed by atoms with van der Waals surface area (Å²) in [5.41, 5.74) is 2.63. The Labute approximate surface area is 124 Å². The monoisotopic (exact) mass is 291 g/mol. The molecule has 1 atom stereocenters. The molecule has 1 fully saturated rings. The second-order valence-electron chi connectivity index (χ2n) is 5.47. The third-order valence-corrected chi connectivity index (χ3v) is 4.09. The van der Waals surface area contributed by atoms with Gasteiger partial charge in [0.15, 0.2) is 6.10 Å². The summed E-state index contributed by atoms with van der Waals surface area (Å²) in [6.45, 7) is 3.78. The zero-order valence-corrected chi connectivity index (χ0v) is 12.3. The summed E-state index contributed by atoms with van der Waals surface area (Å²) in [6.07, 6.45) is 1.53. The van der Waals surface area contributed by atoms with Crippen LogP contribution in [-0.4, -0.2) is 56.9 Å². The van der Waals surface area contributed by atoms with Gasteiger partial charge in [-0.2, -0.15) is 0 Å². The van der Waals surface area contributed by atoms with Crippen molar-refractivity contribution in [3.05, 3.63) is 29.3 Å². The third kappa shape index (κ3) is 3.36. The number of methoxy groups -OCH3 is 1. The highest BCUT2D eigenvalue weighted by molar-refractivity contribution is 5.74. The van der Waals surface area contributed by atoms with E-state index in [9.17, 15) is 4.79 Å². The van der Waals surface area contributed by atoms with E-state index in [-0.39, 0.29) is 5.97 Å². The fourth-order valence-electron chi connectivity index (χ4n) is 2.86. The Morgan fingerprint density at radius 1 is 1.43 bits per heavy atom. The molecule has 0 aromatic heterocycles. The number of hydrogen-bond acceptors (Lipinski definition) is 5. The van der Waals surface area contributed by atoms with Crippen molar-refractivity contribution in [2.45, 2.75) is 18.9 Å². The van der Waals surface area contributed by atoms with Crippen LogP contribution in [0.2, 0.25) is 0 Å². The van der Waals surface area contributed by atoms with E-state index in [0.29, 0.717) is 13.2 Å². The Hall–Kier alpha value is -1.59. The molecule has 0 radical (unpaired) electrons. The highest BCUT2D eigenvalue weighted by Crippen LogP contribution is 2.26. The number of benzene rings is 1. The molecule has 0 N–H and O–H groups in total. The number of ether oxygens (including phenoxy) is 3. The molecule has 2 heterocycles. The first kappa shape index (κ1) is 14.4. The number of carbonyl (C=O) groups is 1. The van der Waals surface area contributed by atoms with Gasteiger partial charge in [-0.25, -0.2) is 4.79 Å². The lowest BCUT2D eigenvalue weighted by Crippen LogP contribution is -2.47. The Kier molecular flexibility index (Phi) is 4.41. The van der Waals surface area contributed by atoms with Crippen LogP contribution in [0.3, 0.4) is 0 Å². The number of esters is 1. The quantitative estimate of drug-likeness (QED) is 0.776. The van der Waals surface area contributed by atoms with Gasteiger partial charge < -0.3 is 14.2 Å². The molecule has 1 aromatic carbocycles. The van der Waals surface area contributed by atoms with Gasteiger partial charge in [0.05, 0.1) is 20.3 Å². The molecule has 114 valence electrons. The van der Waals surface area contributed by atoms with Crippen molar-refractivity contribution in [1.82, 2.24) is 4.90 Å². The molecule has 0 spiro atoms. The Morgan fingerprint density at radius 3 is 3.19 bits per heavy atom. The second kappa shape index (κ2) is 6.45. The summed E-state index contributed by atoms with van der Waals surface area (Å²) in [5, 5.41) is 0. The molecule has 5 heteroatoms. The summed E-state index contributed by atoms with van der Waals surface area (Å²) >= 11 is 0. The predicted octanol–water partition coefficient (Wildman–Crippen LogP) is 1.04. The average Bonchev–Trinajstić information content (AvgIpc) is 3.00. The zero-order valence-electron chi connectivity index (χ0n) is 12.3. The molecule has 2 aliphatic rings. The first-order chi connectivity index (χ1) is 10.3. The number of nitrogens with zero attached hydrogens (tertiary/aromatic N) is 1. The van der Waals surface area contributed by atoms with Crippen molar-refractivity contribution in [1.29, 1.82) is 0 Å². The fourth-order valence-corrected chi connectivity index (χ4v) is 2.86. The zero-order chi connectivity index (χ0) is 14.7. The van der Waals surface area contributed by atoms with Crippen LogP contribution in [0.1, 0.15) is 11.1 Å². The lowest BCUT2D eigenvalue weighted by molar-refractivity contribution is -0.159. The van der Waals surface area contributed by atoms with Crippen LogP contribution >= 0.6 is 0 Å². The lowest BCUT2D eigenvalue weighted by atomic mass is 10.1. The topological polar surface area (TPSA) is 48.0 Å². The van der Waals surface area contributed by atoms with Gasteiger partial charge in [0, 0.05) is 26.1 Å². The van der Waals surface area contributed by atoms with E-state index in [1.807, 2.05) is 0 Å². The van der Waals surface area contributed by atoms with Crippen molar-refractivity contribution in [2.75, 3.05) is 40.0 Å². The van der Waals surface area contributed by atoms with Crippen LogP contribution in [-0.2, 0) is 27.1 Å². The number of carbonyl (C=O) groups excluding carboxylic acids is 1. The highest BCUT2D eigenvalue weighted by Gasteiger charge is 2.27. The maximum atomic E-state index is 11.5. The molecule has 0 aliphatic carbocycles. The molecule has 21 heavy (non-hydrogen) atoms. The molecule has 5 nitrogen and oxygen atoms in total. The van der Waals surface area contributed by atoms with Gasteiger partial charge >= 0.3 is 5.97 Å². The Morgan fingerprint density at radius 2 is 2.33 bits per heavy atom. The maximum Gasteiger partial charge on any atom is 0.336 e. The minimum Gasteiger partial charge on any atom is -0.493 e. The molecule has 2 aliphatic heterocycles. The Bertz CT molecular complexity index is 517. The molecule has 0 saturated carbocycles. The van der Waals surface area contributed by atoms with Gasteiger partial charge in [-0.3, -0.25) is 4.90 Å². The van der Waals surface area contributed by atoms with Crippen LogP contribution in [0.25, 0.3) is 0 Å². The molecule has 0 bridgehead atoms. The number of hydrogen-bond donors (Lipinski definition) is 0. The first-order valence-corrected chi connectivity index (χ1v) is 7.42. The fraction of sp³-hybridized carbons (Fsp3) is 0.562.